The molecule has 0 radical (unpaired) electrons. The van der Waals surface area contributed by atoms with Crippen molar-refractivity contribution >= 4 is 0 Å². The van der Waals surface area contributed by atoms with Crippen LogP contribution >= 0.6 is 0 Å². The first-order chi connectivity index (χ1) is 8.59. The Morgan fingerprint density at radius 1 is 1.33 bits per heavy atom. The SMILES string of the molecule is CC1=C[C@]2(C)OOC3(CCOCC3)O[C@@H]2[C@@H]1OO. The minimum atomic E-state index is -0.780. The molecule has 2 aliphatic heterocycles. The van der Waals surface area contributed by atoms with Gasteiger partial charge in [0.1, 0.15) is 17.8 Å². The lowest BCUT2D eigenvalue weighted by Crippen LogP contribution is -2.59. The van der Waals surface area contributed by atoms with Gasteiger partial charge in [0.2, 0.25) is 5.79 Å². The highest BCUT2D eigenvalue weighted by molar-refractivity contribution is 5.27. The Balaban J connectivity index is 1.83. The zero-order chi connectivity index (χ0) is 12.8. The highest BCUT2D eigenvalue weighted by Crippen LogP contribution is 2.45. The van der Waals surface area contributed by atoms with Gasteiger partial charge in [0.05, 0.1) is 13.2 Å². The predicted octanol–water partition coefficient (Wildman–Crippen LogP) is 1.42. The maximum absolute atomic E-state index is 9.03. The summed E-state index contributed by atoms with van der Waals surface area (Å²) in [5.41, 5.74) is 0.152. The van der Waals surface area contributed by atoms with Gasteiger partial charge < -0.3 is 9.47 Å². The van der Waals surface area contributed by atoms with E-state index in [9.17, 15) is 0 Å². The molecule has 6 heteroatoms. The summed E-state index contributed by atoms with van der Waals surface area (Å²) in [6, 6.07) is 0. The molecule has 3 atom stereocenters. The third-order valence-electron chi connectivity index (χ3n) is 3.89. The van der Waals surface area contributed by atoms with Gasteiger partial charge >= 0.3 is 0 Å². The second-order valence-corrected chi connectivity index (χ2v) is 5.33. The van der Waals surface area contributed by atoms with Crippen molar-refractivity contribution in [2.24, 2.45) is 0 Å². The lowest BCUT2D eigenvalue weighted by molar-refractivity contribution is -0.530. The Morgan fingerprint density at radius 3 is 2.72 bits per heavy atom. The van der Waals surface area contributed by atoms with Crippen molar-refractivity contribution in [1.29, 1.82) is 0 Å². The van der Waals surface area contributed by atoms with E-state index in [2.05, 4.69) is 4.89 Å². The van der Waals surface area contributed by atoms with Gasteiger partial charge in [0, 0.05) is 12.8 Å². The topological polar surface area (TPSA) is 66.4 Å². The molecule has 6 nitrogen and oxygen atoms in total. The largest absolute Gasteiger partial charge is 0.381 e. The molecule has 1 N–H and O–H groups in total. The first-order valence-electron chi connectivity index (χ1n) is 6.21. The van der Waals surface area contributed by atoms with Gasteiger partial charge in [-0.2, -0.15) is 4.89 Å². The van der Waals surface area contributed by atoms with Crippen LogP contribution in [0.25, 0.3) is 0 Å². The lowest BCUT2D eigenvalue weighted by atomic mass is 9.99. The molecule has 0 unspecified atom stereocenters. The van der Waals surface area contributed by atoms with Crippen LogP contribution in [0.2, 0.25) is 0 Å². The minimum Gasteiger partial charge on any atom is -0.381 e. The highest BCUT2D eigenvalue weighted by atomic mass is 17.3. The van der Waals surface area contributed by atoms with Crippen molar-refractivity contribution in [3.8, 4) is 0 Å². The third kappa shape index (κ3) is 1.80. The van der Waals surface area contributed by atoms with Crippen molar-refractivity contribution in [2.45, 2.75) is 50.3 Å². The summed E-state index contributed by atoms with van der Waals surface area (Å²) in [4.78, 5) is 15.5. The van der Waals surface area contributed by atoms with Crippen LogP contribution in [0.5, 0.6) is 0 Å². The standard InChI is InChI=1S/C12H18O6/c1-8-7-11(2)10(9(8)16-13)15-12(18-17-11)3-5-14-6-4-12/h7,9-10,13H,3-6H2,1-2H3/t9-,10-,11+/m1/s1. The molecule has 0 aromatic heterocycles. The Morgan fingerprint density at radius 2 is 2.06 bits per heavy atom. The van der Waals surface area contributed by atoms with Crippen LogP contribution in [0.1, 0.15) is 26.7 Å². The molecule has 0 aromatic rings. The predicted molar refractivity (Wildman–Crippen MR) is 59.5 cm³/mol. The molecule has 1 spiro atoms. The summed E-state index contributed by atoms with van der Waals surface area (Å²) in [6.45, 7) is 4.87. The van der Waals surface area contributed by atoms with E-state index in [4.69, 9.17) is 24.5 Å². The van der Waals surface area contributed by atoms with Gasteiger partial charge in [-0.25, -0.2) is 9.78 Å². The minimum absolute atomic E-state index is 0.408. The Labute approximate surface area is 105 Å². The number of ether oxygens (including phenoxy) is 2. The van der Waals surface area contributed by atoms with E-state index in [0.717, 1.165) is 5.57 Å². The van der Waals surface area contributed by atoms with Crippen LogP contribution in [0.15, 0.2) is 11.6 Å². The molecule has 0 aromatic carbocycles. The van der Waals surface area contributed by atoms with E-state index in [-0.39, 0.29) is 0 Å². The van der Waals surface area contributed by atoms with Crippen LogP contribution in [-0.2, 0) is 24.1 Å². The van der Waals surface area contributed by atoms with Crippen molar-refractivity contribution in [3.05, 3.63) is 11.6 Å². The number of hydrogen-bond donors (Lipinski definition) is 1. The van der Waals surface area contributed by atoms with Crippen LogP contribution in [-0.4, -0.2) is 42.1 Å². The van der Waals surface area contributed by atoms with Gasteiger partial charge in [-0.1, -0.05) is 0 Å². The molecule has 1 aliphatic carbocycles. The highest BCUT2D eigenvalue weighted by Gasteiger charge is 2.57. The lowest BCUT2D eigenvalue weighted by Gasteiger charge is -2.47. The maximum Gasteiger partial charge on any atom is 0.206 e. The maximum atomic E-state index is 9.03. The molecule has 3 rings (SSSR count). The molecule has 102 valence electrons. The summed E-state index contributed by atoms with van der Waals surface area (Å²) in [7, 11) is 0. The van der Waals surface area contributed by atoms with E-state index in [1.165, 1.54) is 0 Å². The summed E-state index contributed by atoms with van der Waals surface area (Å²) >= 11 is 0. The first kappa shape index (κ1) is 12.5. The number of fused-ring (bicyclic) bond motifs is 1. The molecule has 0 bridgehead atoms. The summed E-state index contributed by atoms with van der Waals surface area (Å²) < 4.78 is 11.4. The van der Waals surface area contributed by atoms with E-state index in [0.29, 0.717) is 26.1 Å². The van der Waals surface area contributed by atoms with Crippen molar-refractivity contribution in [1.82, 2.24) is 0 Å². The van der Waals surface area contributed by atoms with Crippen LogP contribution < -0.4 is 0 Å². The van der Waals surface area contributed by atoms with Crippen LogP contribution in [0.4, 0.5) is 0 Å². The molecule has 18 heavy (non-hydrogen) atoms. The zero-order valence-corrected chi connectivity index (χ0v) is 10.5. The smallest absolute Gasteiger partial charge is 0.206 e. The molecular weight excluding hydrogens is 240 g/mol. The van der Waals surface area contributed by atoms with Gasteiger partial charge in [-0.3, -0.25) is 5.26 Å². The van der Waals surface area contributed by atoms with Crippen LogP contribution in [0, 0.1) is 0 Å². The van der Waals surface area contributed by atoms with Gasteiger partial charge in [0.25, 0.3) is 0 Å². The monoisotopic (exact) mass is 258 g/mol. The Bertz CT molecular complexity index is 362. The fourth-order valence-corrected chi connectivity index (χ4v) is 2.84. The average molecular weight is 258 g/mol. The zero-order valence-electron chi connectivity index (χ0n) is 10.5. The molecule has 2 heterocycles. The first-order valence-corrected chi connectivity index (χ1v) is 6.21. The van der Waals surface area contributed by atoms with Crippen molar-refractivity contribution in [3.63, 3.8) is 0 Å². The molecule has 3 aliphatic rings. The van der Waals surface area contributed by atoms with Gasteiger partial charge in [-0.15, -0.1) is 0 Å². The average Bonchev–Trinajstić information content (AvgIpc) is 2.61. The third-order valence-corrected chi connectivity index (χ3v) is 3.89. The van der Waals surface area contributed by atoms with Crippen LogP contribution in [0.3, 0.4) is 0 Å². The van der Waals surface area contributed by atoms with E-state index >= 15 is 0 Å². The van der Waals surface area contributed by atoms with E-state index < -0.39 is 23.6 Å². The molecule has 0 saturated carbocycles. The van der Waals surface area contributed by atoms with E-state index in [1.54, 1.807) is 0 Å². The second kappa shape index (κ2) is 4.26. The van der Waals surface area contributed by atoms with Crippen molar-refractivity contribution in [2.75, 3.05) is 13.2 Å². The molecule has 2 fully saturated rings. The summed E-state index contributed by atoms with van der Waals surface area (Å²) in [6.07, 6.45) is 2.16. The normalized spacial score (nSPS) is 42.7. The van der Waals surface area contributed by atoms with Crippen molar-refractivity contribution < 1.29 is 29.4 Å². The fourth-order valence-electron chi connectivity index (χ4n) is 2.84. The Hall–Kier alpha value is -0.500. The summed E-state index contributed by atoms with van der Waals surface area (Å²) in [5.74, 6) is -0.780. The molecular formula is C12H18O6. The molecule has 0 amide bonds. The number of hydrogen-bond acceptors (Lipinski definition) is 6. The fraction of sp³-hybridized carbons (Fsp3) is 0.833. The quantitative estimate of drug-likeness (QED) is 0.436. The number of rotatable bonds is 1. The molecule has 2 saturated heterocycles. The van der Waals surface area contributed by atoms with Gasteiger partial charge in [0.15, 0.2) is 0 Å². The van der Waals surface area contributed by atoms with Gasteiger partial charge in [-0.05, 0) is 25.5 Å². The Kier molecular flexibility index (Phi) is 2.97. The summed E-state index contributed by atoms with van der Waals surface area (Å²) in [5, 5.41) is 9.03. The second-order valence-electron chi connectivity index (χ2n) is 5.33. The van der Waals surface area contributed by atoms with E-state index in [1.807, 2.05) is 19.9 Å².